The number of aromatic nitrogens is 1. The van der Waals surface area contributed by atoms with Crippen molar-refractivity contribution in [2.45, 2.75) is 35.8 Å². The normalized spacial score (nSPS) is 18.1. The molecular formula is C24H22F3N5O6S2. The lowest BCUT2D eigenvalue weighted by Crippen LogP contribution is -2.46. The molecule has 16 heteroatoms. The summed E-state index contributed by atoms with van der Waals surface area (Å²) >= 11 is 0. The average Bonchev–Trinajstić information content (AvgIpc) is 3.10. The molecule has 3 aromatic rings. The summed E-state index contributed by atoms with van der Waals surface area (Å²) in [5.74, 6) is -0.802. The summed E-state index contributed by atoms with van der Waals surface area (Å²) in [6.45, 7) is 1.45. The van der Waals surface area contributed by atoms with Crippen LogP contribution in [0.4, 0.5) is 29.5 Å². The van der Waals surface area contributed by atoms with Crippen molar-refractivity contribution in [1.82, 2.24) is 15.0 Å². The molecule has 0 radical (unpaired) electrons. The highest BCUT2D eigenvalue weighted by atomic mass is 32.2. The molecule has 1 fully saturated rings. The molecule has 4 rings (SSSR count). The standard InChI is InChI=1S/C24H22F3N5O6S2/c1-23(14-17-11-12-28-20(13-17)31-40(37,38)29-15-16-5-3-2-4-6-16)21(33)32(22(34)30-23)18-7-9-19(10-8-18)39(35,36)24(25,26)27/h2-13,29H,14-15H2,1H3,(H,28,31)(H,30,34). The van der Waals surface area contributed by atoms with E-state index in [-0.39, 0.29) is 24.5 Å². The first-order chi connectivity index (χ1) is 18.6. The van der Waals surface area contributed by atoms with Crippen LogP contribution in [0, 0.1) is 0 Å². The summed E-state index contributed by atoms with van der Waals surface area (Å²) in [5, 5.41) is 2.52. The van der Waals surface area contributed by atoms with Gasteiger partial charge >= 0.3 is 21.7 Å². The van der Waals surface area contributed by atoms with Crippen LogP contribution in [0.15, 0.2) is 77.8 Å². The molecule has 2 aromatic carbocycles. The van der Waals surface area contributed by atoms with Gasteiger partial charge in [0.1, 0.15) is 11.4 Å². The maximum Gasteiger partial charge on any atom is 0.501 e. The average molecular weight is 598 g/mol. The molecule has 3 amide bonds. The van der Waals surface area contributed by atoms with Crippen LogP contribution in [0.1, 0.15) is 18.1 Å². The third kappa shape index (κ3) is 6.08. The molecule has 0 bridgehead atoms. The second-order valence-electron chi connectivity index (χ2n) is 8.98. The molecule has 1 saturated heterocycles. The van der Waals surface area contributed by atoms with Crippen LogP contribution in [0.5, 0.6) is 0 Å². The molecule has 0 spiro atoms. The summed E-state index contributed by atoms with van der Waals surface area (Å²) in [7, 11) is -9.61. The fourth-order valence-electron chi connectivity index (χ4n) is 3.94. The summed E-state index contributed by atoms with van der Waals surface area (Å²) in [4.78, 5) is 29.5. The van der Waals surface area contributed by atoms with Crippen LogP contribution in [0.2, 0.25) is 0 Å². The summed E-state index contributed by atoms with van der Waals surface area (Å²) in [5.41, 5.74) is -6.00. The predicted octanol–water partition coefficient (Wildman–Crippen LogP) is 2.88. The van der Waals surface area contributed by atoms with Crippen LogP contribution in [-0.4, -0.2) is 44.8 Å². The van der Waals surface area contributed by atoms with Crippen molar-refractivity contribution in [3.63, 3.8) is 0 Å². The smallest absolute Gasteiger partial charge is 0.323 e. The van der Waals surface area contributed by atoms with Crippen molar-refractivity contribution in [2.24, 2.45) is 0 Å². The lowest BCUT2D eigenvalue weighted by Gasteiger charge is -2.22. The number of hydrogen-bond donors (Lipinski definition) is 3. The Balaban J connectivity index is 1.47. The minimum atomic E-state index is -5.61. The molecule has 3 N–H and O–H groups in total. The van der Waals surface area contributed by atoms with Gasteiger partial charge in [-0.3, -0.25) is 9.52 Å². The molecule has 0 saturated carbocycles. The van der Waals surface area contributed by atoms with Gasteiger partial charge in [-0.2, -0.15) is 26.3 Å². The van der Waals surface area contributed by atoms with Crippen LogP contribution in [0.3, 0.4) is 0 Å². The van der Waals surface area contributed by atoms with E-state index in [1.54, 1.807) is 30.3 Å². The maximum absolute atomic E-state index is 13.2. The Kier molecular flexibility index (Phi) is 7.62. The number of imide groups is 1. The SMILES string of the molecule is CC1(Cc2ccnc(NS(=O)(=O)NCc3ccccc3)c2)NC(=O)N(c2ccc(S(=O)(=O)C(F)(F)F)cc2)C1=O. The van der Waals surface area contributed by atoms with E-state index in [4.69, 9.17) is 0 Å². The van der Waals surface area contributed by atoms with Crippen molar-refractivity contribution >= 4 is 43.5 Å². The molecule has 1 atom stereocenters. The number of rotatable bonds is 9. The molecule has 212 valence electrons. The van der Waals surface area contributed by atoms with Crippen LogP contribution < -0.4 is 19.7 Å². The van der Waals surface area contributed by atoms with Crippen LogP contribution in [-0.2, 0) is 37.8 Å². The molecule has 40 heavy (non-hydrogen) atoms. The molecule has 1 aliphatic heterocycles. The van der Waals surface area contributed by atoms with Gasteiger partial charge in [0.15, 0.2) is 0 Å². The van der Waals surface area contributed by atoms with E-state index in [0.29, 0.717) is 22.6 Å². The first-order valence-electron chi connectivity index (χ1n) is 11.5. The van der Waals surface area contributed by atoms with Crippen molar-refractivity contribution in [3.8, 4) is 0 Å². The Morgan fingerprint density at radius 3 is 2.23 bits per heavy atom. The number of amides is 3. The lowest BCUT2D eigenvalue weighted by molar-refractivity contribution is -0.121. The van der Waals surface area contributed by atoms with E-state index in [0.717, 1.165) is 17.7 Å². The fourth-order valence-corrected chi connectivity index (χ4v) is 5.52. The zero-order chi connectivity index (χ0) is 29.3. The number of nitrogens with zero attached hydrogens (tertiary/aromatic N) is 2. The quantitative estimate of drug-likeness (QED) is 0.321. The summed E-state index contributed by atoms with van der Waals surface area (Å²) in [6.07, 6.45) is 1.22. The van der Waals surface area contributed by atoms with E-state index in [1.807, 2.05) is 0 Å². The largest absolute Gasteiger partial charge is 0.501 e. The number of nitrogens with one attached hydrogen (secondary N) is 3. The number of anilines is 2. The van der Waals surface area contributed by atoms with E-state index >= 15 is 0 Å². The van der Waals surface area contributed by atoms with Gasteiger partial charge in [0.05, 0.1) is 10.6 Å². The molecule has 1 aromatic heterocycles. The molecule has 2 heterocycles. The highest BCUT2D eigenvalue weighted by Gasteiger charge is 2.49. The van der Waals surface area contributed by atoms with Crippen molar-refractivity contribution in [2.75, 3.05) is 9.62 Å². The predicted molar refractivity (Wildman–Crippen MR) is 138 cm³/mol. The Morgan fingerprint density at radius 1 is 0.950 bits per heavy atom. The van der Waals surface area contributed by atoms with Gasteiger partial charge in [-0.1, -0.05) is 30.3 Å². The summed E-state index contributed by atoms with van der Waals surface area (Å²) < 4.78 is 91.2. The minimum absolute atomic E-state index is 0.0351. The first kappa shape index (κ1) is 29.0. The number of sulfone groups is 1. The Morgan fingerprint density at radius 2 is 1.60 bits per heavy atom. The number of carbonyl (C=O) groups excluding carboxylic acids is 2. The van der Waals surface area contributed by atoms with Gasteiger partial charge in [-0.15, -0.1) is 0 Å². The minimum Gasteiger partial charge on any atom is -0.323 e. The van der Waals surface area contributed by atoms with Crippen molar-refractivity contribution < 1.29 is 39.6 Å². The second-order valence-corrected chi connectivity index (χ2v) is 12.4. The van der Waals surface area contributed by atoms with E-state index in [1.165, 1.54) is 25.3 Å². The van der Waals surface area contributed by atoms with E-state index < -0.39 is 47.9 Å². The Bertz CT molecular complexity index is 1650. The molecule has 0 aliphatic carbocycles. The second kappa shape index (κ2) is 10.5. The van der Waals surface area contributed by atoms with Gasteiger partial charge in [0.25, 0.3) is 15.7 Å². The lowest BCUT2D eigenvalue weighted by atomic mass is 9.93. The molecule has 11 nitrogen and oxygen atoms in total. The number of urea groups is 1. The van der Waals surface area contributed by atoms with E-state index in [2.05, 4.69) is 19.7 Å². The third-order valence-electron chi connectivity index (χ3n) is 5.90. The highest BCUT2D eigenvalue weighted by Crippen LogP contribution is 2.33. The maximum atomic E-state index is 13.2. The van der Waals surface area contributed by atoms with Crippen molar-refractivity contribution in [1.29, 1.82) is 0 Å². The Labute approximate surface area is 227 Å². The van der Waals surface area contributed by atoms with Gasteiger partial charge in [-0.25, -0.2) is 23.1 Å². The monoisotopic (exact) mass is 597 g/mol. The molecule has 1 aliphatic rings. The number of alkyl halides is 3. The van der Waals surface area contributed by atoms with Gasteiger partial charge in [0, 0.05) is 19.2 Å². The number of benzene rings is 2. The van der Waals surface area contributed by atoms with Gasteiger partial charge in [-0.05, 0) is 54.4 Å². The van der Waals surface area contributed by atoms with Crippen molar-refractivity contribution in [3.05, 3.63) is 84.1 Å². The first-order valence-corrected chi connectivity index (χ1v) is 14.4. The van der Waals surface area contributed by atoms with Crippen LogP contribution >= 0.6 is 0 Å². The van der Waals surface area contributed by atoms with Gasteiger partial charge < -0.3 is 5.32 Å². The number of pyridine rings is 1. The zero-order valence-corrected chi connectivity index (χ0v) is 22.3. The Hall–Kier alpha value is -4.02. The number of hydrogen-bond acceptors (Lipinski definition) is 7. The number of halogens is 3. The molecule has 1 unspecified atom stereocenters. The zero-order valence-electron chi connectivity index (χ0n) is 20.6. The highest BCUT2D eigenvalue weighted by molar-refractivity contribution is 7.92. The fraction of sp³-hybridized carbons (Fsp3) is 0.208. The van der Waals surface area contributed by atoms with Gasteiger partial charge in [0.2, 0.25) is 0 Å². The van der Waals surface area contributed by atoms with Crippen LogP contribution in [0.25, 0.3) is 0 Å². The third-order valence-corrected chi connectivity index (χ3v) is 8.41. The number of carbonyl (C=O) groups is 2. The molecular weight excluding hydrogens is 575 g/mol. The topological polar surface area (TPSA) is 155 Å². The summed E-state index contributed by atoms with van der Waals surface area (Å²) in [6, 6.07) is 14.0. The van der Waals surface area contributed by atoms with E-state index in [9.17, 15) is 39.6 Å².